The second-order valence-electron chi connectivity index (χ2n) is 5.66. The van der Waals surface area contributed by atoms with Crippen LogP contribution in [-0.4, -0.2) is 11.6 Å². The number of hydrogen-bond acceptors (Lipinski definition) is 2. The third kappa shape index (κ3) is 3.74. The van der Waals surface area contributed by atoms with Crippen LogP contribution in [0.2, 0.25) is 10.0 Å². The second kappa shape index (κ2) is 6.73. The van der Waals surface area contributed by atoms with Crippen molar-refractivity contribution in [3.05, 3.63) is 69.7 Å². The summed E-state index contributed by atoms with van der Waals surface area (Å²) in [4.78, 5) is 12.2. The topological polar surface area (TPSA) is 41.5 Å². The molecule has 3 nitrogen and oxygen atoms in total. The van der Waals surface area contributed by atoms with E-state index in [1.807, 2.05) is 31.2 Å². The molecule has 1 fully saturated rings. The Morgan fingerprint density at radius 1 is 1.13 bits per heavy atom. The van der Waals surface area contributed by atoms with Gasteiger partial charge in [-0.05, 0) is 42.5 Å². The van der Waals surface area contributed by atoms with Gasteiger partial charge in [-0.15, -0.1) is 0 Å². The molecule has 1 aliphatic rings. The summed E-state index contributed by atoms with van der Waals surface area (Å²) in [5, 5.41) is 5.13. The highest BCUT2D eigenvalue weighted by atomic mass is 35.5. The van der Waals surface area contributed by atoms with Crippen LogP contribution in [-0.2, 0) is 4.79 Å². The molecule has 118 valence electrons. The standard InChI is InChI=1S/C18H16Cl2N2O/c1-11(13-7-8-16(19)17(20)9-13)21-22-18(23)15-10-14(15)12-5-3-2-4-6-12/h2-9,14-15H,10H2,1H3,(H,22,23)/b21-11-/t14-,15+/m1/s1. The molecule has 1 N–H and O–H groups in total. The summed E-state index contributed by atoms with van der Waals surface area (Å²) in [6, 6.07) is 15.4. The summed E-state index contributed by atoms with van der Waals surface area (Å²) >= 11 is 11.9. The fourth-order valence-corrected chi connectivity index (χ4v) is 2.86. The zero-order chi connectivity index (χ0) is 16.4. The van der Waals surface area contributed by atoms with Crippen molar-refractivity contribution in [2.24, 2.45) is 11.0 Å². The molecule has 2 atom stereocenters. The maximum absolute atomic E-state index is 12.2. The van der Waals surface area contributed by atoms with E-state index in [2.05, 4.69) is 22.7 Å². The molecule has 3 rings (SSSR count). The Labute approximate surface area is 145 Å². The predicted octanol–water partition coefficient (Wildman–Crippen LogP) is 4.64. The molecule has 2 aromatic rings. The van der Waals surface area contributed by atoms with Crippen LogP contribution in [0.25, 0.3) is 0 Å². The molecule has 23 heavy (non-hydrogen) atoms. The lowest BCUT2D eigenvalue weighted by molar-refractivity contribution is -0.122. The van der Waals surface area contributed by atoms with E-state index < -0.39 is 0 Å². The third-order valence-corrected chi connectivity index (χ3v) is 4.77. The summed E-state index contributed by atoms with van der Waals surface area (Å²) in [5.41, 5.74) is 5.37. The highest BCUT2D eigenvalue weighted by Gasteiger charge is 2.43. The van der Waals surface area contributed by atoms with E-state index in [4.69, 9.17) is 23.2 Å². The summed E-state index contributed by atoms with van der Waals surface area (Å²) in [6.45, 7) is 1.82. The lowest BCUT2D eigenvalue weighted by atomic mass is 10.1. The highest BCUT2D eigenvalue weighted by molar-refractivity contribution is 6.42. The van der Waals surface area contributed by atoms with E-state index in [9.17, 15) is 4.79 Å². The zero-order valence-corrected chi connectivity index (χ0v) is 14.1. The van der Waals surface area contributed by atoms with E-state index in [1.165, 1.54) is 5.56 Å². The largest absolute Gasteiger partial charge is 0.273 e. The van der Waals surface area contributed by atoms with Crippen molar-refractivity contribution in [3.63, 3.8) is 0 Å². The van der Waals surface area contributed by atoms with Crippen LogP contribution in [0.3, 0.4) is 0 Å². The predicted molar refractivity (Wildman–Crippen MR) is 94.1 cm³/mol. The number of benzene rings is 2. The van der Waals surface area contributed by atoms with E-state index in [0.717, 1.165) is 12.0 Å². The second-order valence-corrected chi connectivity index (χ2v) is 6.48. The van der Waals surface area contributed by atoms with Gasteiger partial charge in [-0.2, -0.15) is 5.10 Å². The number of carbonyl (C=O) groups excluding carboxylic acids is 1. The minimum absolute atomic E-state index is 0.00255. The molecule has 0 spiro atoms. The normalized spacial score (nSPS) is 20.2. The molecule has 0 aromatic heterocycles. The Bertz CT molecular complexity index is 759. The molecule has 0 aliphatic heterocycles. The lowest BCUT2D eigenvalue weighted by Gasteiger charge is -2.04. The van der Waals surface area contributed by atoms with Crippen LogP contribution in [0.5, 0.6) is 0 Å². The van der Waals surface area contributed by atoms with Crippen molar-refractivity contribution >= 4 is 34.8 Å². The lowest BCUT2D eigenvalue weighted by Crippen LogP contribution is -2.21. The van der Waals surface area contributed by atoms with Gasteiger partial charge in [0.25, 0.3) is 0 Å². The van der Waals surface area contributed by atoms with Gasteiger partial charge in [0.1, 0.15) is 0 Å². The van der Waals surface area contributed by atoms with Gasteiger partial charge in [-0.1, -0.05) is 59.6 Å². The van der Waals surface area contributed by atoms with Gasteiger partial charge in [-0.25, -0.2) is 5.43 Å². The Balaban J connectivity index is 1.61. The molecular weight excluding hydrogens is 331 g/mol. The average molecular weight is 347 g/mol. The number of halogens is 2. The molecule has 0 unspecified atom stereocenters. The Morgan fingerprint density at radius 2 is 1.87 bits per heavy atom. The van der Waals surface area contributed by atoms with Crippen molar-refractivity contribution in [2.45, 2.75) is 19.3 Å². The molecule has 1 amide bonds. The Kier molecular flexibility index (Phi) is 4.69. The molecule has 0 bridgehead atoms. The first-order valence-electron chi connectivity index (χ1n) is 7.41. The van der Waals surface area contributed by atoms with Crippen LogP contribution >= 0.6 is 23.2 Å². The monoisotopic (exact) mass is 346 g/mol. The minimum Gasteiger partial charge on any atom is -0.273 e. The zero-order valence-electron chi connectivity index (χ0n) is 12.6. The fourth-order valence-electron chi connectivity index (χ4n) is 2.56. The number of amides is 1. The van der Waals surface area contributed by atoms with E-state index >= 15 is 0 Å². The third-order valence-electron chi connectivity index (χ3n) is 4.03. The number of hydrogen-bond donors (Lipinski definition) is 1. The number of nitrogens with one attached hydrogen (secondary N) is 1. The summed E-state index contributed by atoms with van der Waals surface area (Å²) in [7, 11) is 0. The highest BCUT2D eigenvalue weighted by Crippen LogP contribution is 2.47. The maximum atomic E-state index is 12.2. The van der Waals surface area contributed by atoms with Crippen LogP contribution in [0.1, 0.15) is 30.4 Å². The van der Waals surface area contributed by atoms with Crippen molar-refractivity contribution in [2.75, 3.05) is 0 Å². The van der Waals surface area contributed by atoms with Crippen LogP contribution < -0.4 is 5.43 Å². The van der Waals surface area contributed by atoms with Crippen molar-refractivity contribution in [1.82, 2.24) is 5.43 Å². The summed E-state index contributed by atoms with van der Waals surface area (Å²) in [5.74, 6) is 0.262. The Morgan fingerprint density at radius 3 is 2.57 bits per heavy atom. The molecule has 5 heteroatoms. The van der Waals surface area contributed by atoms with Gasteiger partial charge in [0.2, 0.25) is 5.91 Å². The van der Waals surface area contributed by atoms with E-state index in [1.54, 1.807) is 12.1 Å². The van der Waals surface area contributed by atoms with Gasteiger partial charge >= 0.3 is 0 Å². The van der Waals surface area contributed by atoms with Crippen molar-refractivity contribution in [1.29, 1.82) is 0 Å². The van der Waals surface area contributed by atoms with Crippen molar-refractivity contribution < 1.29 is 4.79 Å². The minimum atomic E-state index is -0.0433. The van der Waals surface area contributed by atoms with Gasteiger partial charge in [0.05, 0.1) is 15.8 Å². The summed E-state index contributed by atoms with van der Waals surface area (Å²) in [6.07, 6.45) is 0.872. The first-order valence-corrected chi connectivity index (χ1v) is 8.16. The van der Waals surface area contributed by atoms with Gasteiger partial charge < -0.3 is 0 Å². The Hall–Kier alpha value is -1.84. The molecular formula is C18H16Cl2N2O. The smallest absolute Gasteiger partial charge is 0.243 e. The van der Waals surface area contributed by atoms with Crippen LogP contribution in [0, 0.1) is 5.92 Å². The molecule has 1 saturated carbocycles. The average Bonchev–Trinajstić information content (AvgIpc) is 3.36. The molecule has 2 aromatic carbocycles. The maximum Gasteiger partial charge on any atom is 0.243 e. The number of nitrogens with zero attached hydrogens (tertiary/aromatic N) is 1. The van der Waals surface area contributed by atoms with Gasteiger partial charge in [0, 0.05) is 5.92 Å². The number of carbonyl (C=O) groups is 1. The number of rotatable bonds is 4. The van der Waals surface area contributed by atoms with Crippen molar-refractivity contribution in [3.8, 4) is 0 Å². The van der Waals surface area contributed by atoms with Crippen LogP contribution in [0.4, 0.5) is 0 Å². The molecule has 0 heterocycles. The van der Waals surface area contributed by atoms with E-state index in [-0.39, 0.29) is 11.8 Å². The molecule has 0 saturated heterocycles. The first-order chi connectivity index (χ1) is 11.1. The number of hydrazone groups is 1. The van der Waals surface area contributed by atoms with Gasteiger partial charge in [0.15, 0.2) is 0 Å². The first kappa shape index (κ1) is 16.0. The fraction of sp³-hybridized carbons (Fsp3) is 0.222. The quantitative estimate of drug-likeness (QED) is 0.635. The van der Waals surface area contributed by atoms with Gasteiger partial charge in [-0.3, -0.25) is 4.79 Å². The molecule has 0 radical (unpaired) electrons. The van der Waals surface area contributed by atoms with Crippen LogP contribution in [0.15, 0.2) is 53.6 Å². The summed E-state index contributed by atoms with van der Waals surface area (Å²) < 4.78 is 0. The SMILES string of the molecule is C/C(=N/NC(=O)[C@H]1C[C@@H]1c1ccccc1)c1ccc(Cl)c(Cl)c1. The molecule has 1 aliphatic carbocycles. The van der Waals surface area contributed by atoms with E-state index in [0.29, 0.717) is 21.7 Å².